The highest BCUT2D eigenvalue weighted by atomic mass is 32.1. The number of thiazole rings is 1. The summed E-state index contributed by atoms with van der Waals surface area (Å²) in [7, 11) is 0. The number of hydrogen-bond acceptors (Lipinski definition) is 7. The van der Waals surface area contributed by atoms with Crippen LogP contribution in [0.4, 0.5) is 5.82 Å². The average Bonchev–Trinajstić information content (AvgIpc) is 3.41. The molecule has 0 aliphatic rings. The molecule has 0 spiro atoms. The molecule has 27 heavy (non-hydrogen) atoms. The maximum Gasteiger partial charge on any atom is 0.155 e. The van der Waals surface area contributed by atoms with Crippen LogP contribution in [0.5, 0.6) is 0 Å². The van der Waals surface area contributed by atoms with Gasteiger partial charge in [0.05, 0.1) is 29.8 Å². The quantitative estimate of drug-likeness (QED) is 0.515. The summed E-state index contributed by atoms with van der Waals surface area (Å²) in [6.45, 7) is 9.13. The molecule has 0 aliphatic heterocycles. The molecule has 0 unspecified atom stereocenters. The van der Waals surface area contributed by atoms with E-state index in [-0.39, 0.29) is 0 Å². The molecule has 0 saturated heterocycles. The van der Waals surface area contributed by atoms with E-state index in [9.17, 15) is 0 Å². The lowest BCUT2D eigenvalue weighted by Gasteiger charge is -2.10. The molecular weight excluding hydrogens is 360 g/mol. The minimum Gasteiger partial charge on any atom is -0.362 e. The molecule has 0 bridgehead atoms. The van der Waals surface area contributed by atoms with Gasteiger partial charge in [-0.05, 0) is 12.1 Å². The van der Waals surface area contributed by atoms with Crippen LogP contribution >= 0.6 is 11.3 Å². The van der Waals surface area contributed by atoms with Gasteiger partial charge in [-0.15, -0.1) is 11.3 Å². The van der Waals surface area contributed by atoms with Crippen molar-refractivity contribution >= 4 is 34.3 Å². The number of hydrogen-bond donors (Lipinski definition) is 1. The molecule has 138 valence electrons. The molecule has 4 aromatic heterocycles. The molecule has 4 heterocycles. The standard InChI is InChI=1S/C19H20N6OS/c1-4-17-22-15-5-6-25(9-14-10-27-11-21-14)18(15)19(23-17)20-8-13-7-16(12(2)3)26-24-13/h4-7,10-12H,1,8-9H2,2-3H3,(H,20,22,23). The Labute approximate surface area is 160 Å². The summed E-state index contributed by atoms with van der Waals surface area (Å²) >= 11 is 1.59. The van der Waals surface area contributed by atoms with Crippen LogP contribution in [0.25, 0.3) is 17.1 Å². The Morgan fingerprint density at radius 2 is 2.22 bits per heavy atom. The van der Waals surface area contributed by atoms with Gasteiger partial charge in [-0.3, -0.25) is 0 Å². The van der Waals surface area contributed by atoms with Crippen molar-refractivity contribution in [3.05, 3.63) is 58.8 Å². The van der Waals surface area contributed by atoms with E-state index in [1.54, 1.807) is 17.4 Å². The third-order valence-corrected chi connectivity index (χ3v) is 4.84. The Kier molecular flexibility index (Phi) is 4.72. The van der Waals surface area contributed by atoms with Crippen LogP contribution in [-0.2, 0) is 13.1 Å². The SMILES string of the molecule is C=Cc1nc(NCc2cc(C(C)C)on2)c2c(ccn2Cc2cscn2)n1. The van der Waals surface area contributed by atoms with Crippen LogP contribution in [0.15, 0.2) is 40.3 Å². The van der Waals surface area contributed by atoms with Gasteiger partial charge in [0, 0.05) is 23.6 Å². The van der Waals surface area contributed by atoms with E-state index < -0.39 is 0 Å². The van der Waals surface area contributed by atoms with E-state index in [4.69, 9.17) is 4.52 Å². The molecule has 0 fully saturated rings. The van der Waals surface area contributed by atoms with Crippen LogP contribution in [-0.4, -0.2) is 24.7 Å². The highest BCUT2D eigenvalue weighted by molar-refractivity contribution is 7.07. The summed E-state index contributed by atoms with van der Waals surface area (Å²) in [5, 5.41) is 9.55. The summed E-state index contributed by atoms with van der Waals surface area (Å²) in [4.78, 5) is 13.5. The number of anilines is 1. The predicted octanol–water partition coefficient (Wildman–Crippen LogP) is 4.30. The Morgan fingerprint density at radius 3 is 2.93 bits per heavy atom. The zero-order chi connectivity index (χ0) is 18.8. The van der Waals surface area contributed by atoms with Crippen molar-refractivity contribution < 1.29 is 4.52 Å². The van der Waals surface area contributed by atoms with E-state index in [0.717, 1.165) is 34.0 Å². The van der Waals surface area contributed by atoms with Gasteiger partial charge < -0.3 is 14.4 Å². The lowest BCUT2D eigenvalue weighted by Crippen LogP contribution is -2.07. The van der Waals surface area contributed by atoms with Crippen LogP contribution in [0, 0.1) is 0 Å². The van der Waals surface area contributed by atoms with Crippen molar-refractivity contribution in [3.63, 3.8) is 0 Å². The van der Waals surface area contributed by atoms with Crippen LogP contribution < -0.4 is 5.32 Å². The van der Waals surface area contributed by atoms with E-state index in [0.29, 0.717) is 24.8 Å². The Bertz CT molecular complexity index is 1060. The van der Waals surface area contributed by atoms with E-state index in [1.165, 1.54) is 0 Å². The molecular formula is C19H20N6OS. The van der Waals surface area contributed by atoms with E-state index in [2.05, 4.69) is 50.4 Å². The maximum atomic E-state index is 5.37. The van der Waals surface area contributed by atoms with Crippen LogP contribution in [0.2, 0.25) is 0 Å². The van der Waals surface area contributed by atoms with Crippen LogP contribution in [0.3, 0.4) is 0 Å². The fraction of sp³-hybridized carbons (Fsp3) is 0.263. The largest absolute Gasteiger partial charge is 0.362 e. The summed E-state index contributed by atoms with van der Waals surface area (Å²) in [6.07, 6.45) is 3.65. The second-order valence-corrected chi connectivity index (χ2v) is 7.24. The summed E-state index contributed by atoms with van der Waals surface area (Å²) < 4.78 is 7.47. The van der Waals surface area contributed by atoms with Crippen molar-refractivity contribution in [2.45, 2.75) is 32.9 Å². The third-order valence-electron chi connectivity index (χ3n) is 4.21. The number of fused-ring (bicyclic) bond motifs is 1. The molecule has 0 aromatic carbocycles. The lowest BCUT2D eigenvalue weighted by atomic mass is 10.1. The average molecular weight is 380 g/mol. The highest BCUT2D eigenvalue weighted by Crippen LogP contribution is 2.24. The van der Waals surface area contributed by atoms with Gasteiger partial charge in [0.1, 0.15) is 17.0 Å². The zero-order valence-corrected chi connectivity index (χ0v) is 16.0. The van der Waals surface area contributed by atoms with Crippen LogP contribution in [0.1, 0.15) is 42.7 Å². The minimum atomic E-state index is 0.305. The first-order chi connectivity index (χ1) is 13.1. The molecule has 0 radical (unpaired) electrons. The fourth-order valence-electron chi connectivity index (χ4n) is 2.82. The molecule has 1 N–H and O–H groups in total. The van der Waals surface area contributed by atoms with Crippen molar-refractivity contribution in [3.8, 4) is 0 Å². The lowest BCUT2D eigenvalue weighted by molar-refractivity contribution is 0.366. The molecule has 8 heteroatoms. The molecule has 0 saturated carbocycles. The Balaban J connectivity index is 1.66. The van der Waals surface area contributed by atoms with Crippen molar-refractivity contribution in [2.24, 2.45) is 0 Å². The van der Waals surface area contributed by atoms with Gasteiger partial charge in [-0.1, -0.05) is 25.6 Å². The number of nitrogens with one attached hydrogen (secondary N) is 1. The van der Waals surface area contributed by atoms with Gasteiger partial charge in [0.25, 0.3) is 0 Å². The van der Waals surface area contributed by atoms with Crippen molar-refractivity contribution in [2.75, 3.05) is 5.32 Å². The highest BCUT2D eigenvalue weighted by Gasteiger charge is 2.14. The van der Waals surface area contributed by atoms with Crippen molar-refractivity contribution in [1.29, 1.82) is 0 Å². The van der Waals surface area contributed by atoms with Gasteiger partial charge in [-0.25, -0.2) is 15.0 Å². The van der Waals surface area contributed by atoms with Gasteiger partial charge >= 0.3 is 0 Å². The summed E-state index contributed by atoms with van der Waals surface area (Å²) in [5.41, 5.74) is 5.48. The summed E-state index contributed by atoms with van der Waals surface area (Å²) in [6, 6.07) is 3.95. The first kappa shape index (κ1) is 17.4. The fourth-order valence-corrected chi connectivity index (χ4v) is 3.37. The summed E-state index contributed by atoms with van der Waals surface area (Å²) in [5.74, 6) is 2.50. The first-order valence-corrected chi connectivity index (χ1v) is 9.64. The zero-order valence-electron chi connectivity index (χ0n) is 15.2. The Morgan fingerprint density at radius 1 is 1.33 bits per heavy atom. The molecule has 0 aliphatic carbocycles. The smallest absolute Gasteiger partial charge is 0.155 e. The molecule has 4 rings (SSSR count). The first-order valence-electron chi connectivity index (χ1n) is 8.69. The number of aromatic nitrogens is 5. The molecule has 4 aromatic rings. The van der Waals surface area contributed by atoms with Crippen molar-refractivity contribution in [1.82, 2.24) is 24.7 Å². The topological polar surface area (TPSA) is 81.7 Å². The second kappa shape index (κ2) is 7.32. The second-order valence-electron chi connectivity index (χ2n) is 6.52. The normalized spacial score (nSPS) is 11.4. The number of nitrogens with zero attached hydrogens (tertiary/aromatic N) is 5. The van der Waals surface area contributed by atoms with E-state index in [1.807, 2.05) is 29.2 Å². The predicted molar refractivity (Wildman–Crippen MR) is 107 cm³/mol. The molecule has 0 atom stereocenters. The van der Waals surface area contributed by atoms with Gasteiger partial charge in [0.15, 0.2) is 11.6 Å². The maximum absolute atomic E-state index is 5.37. The molecule has 0 amide bonds. The Hall–Kier alpha value is -3.00. The number of rotatable bonds is 7. The third kappa shape index (κ3) is 3.61. The molecule has 7 nitrogen and oxygen atoms in total. The monoisotopic (exact) mass is 380 g/mol. The van der Waals surface area contributed by atoms with Gasteiger partial charge in [-0.2, -0.15) is 0 Å². The minimum absolute atomic E-state index is 0.305. The van der Waals surface area contributed by atoms with Gasteiger partial charge in [0.2, 0.25) is 0 Å². The van der Waals surface area contributed by atoms with E-state index >= 15 is 0 Å².